The summed E-state index contributed by atoms with van der Waals surface area (Å²) in [5.41, 5.74) is 1.98. The van der Waals surface area contributed by atoms with E-state index < -0.39 is 5.79 Å². The van der Waals surface area contributed by atoms with Gasteiger partial charge in [-0.25, -0.2) is 0 Å². The minimum Gasteiger partial charge on any atom is -0.496 e. The van der Waals surface area contributed by atoms with Gasteiger partial charge in [0, 0.05) is 36.5 Å². The molecule has 29 heavy (non-hydrogen) atoms. The molecule has 5 nitrogen and oxygen atoms in total. The van der Waals surface area contributed by atoms with Crippen LogP contribution in [0.25, 0.3) is 0 Å². The zero-order chi connectivity index (χ0) is 21.4. The molecule has 2 aliphatic rings. The second-order valence-corrected chi connectivity index (χ2v) is 7.43. The molecular weight excluding hydrogens is 368 g/mol. The molecule has 0 spiro atoms. The summed E-state index contributed by atoms with van der Waals surface area (Å²) in [6.07, 6.45) is 2.93. The molecule has 0 bridgehead atoms. The lowest BCUT2D eigenvalue weighted by Crippen LogP contribution is -2.38. The van der Waals surface area contributed by atoms with Crippen molar-refractivity contribution >= 4 is 0 Å². The van der Waals surface area contributed by atoms with Gasteiger partial charge in [0.25, 0.3) is 0 Å². The summed E-state index contributed by atoms with van der Waals surface area (Å²) in [7, 11) is 1.65. The van der Waals surface area contributed by atoms with Crippen LogP contribution in [0.4, 0.5) is 0 Å². The fraction of sp³-hybridized carbons (Fsp3) is 0.500. The number of para-hydroxylation sites is 1. The van der Waals surface area contributed by atoms with Crippen molar-refractivity contribution in [2.24, 2.45) is 0 Å². The Morgan fingerprint density at radius 3 is 2.17 bits per heavy atom. The lowest BCUT2D eigenvalue weighted by atomic mass is 9.82. The van der Waals surface area contributed by atoms with Gasteiger partial charge in [-0.3, -0.25) is 0 Å². The molecule has 0 radical (unpaired) electrons. The van der Waals surface area contributed by atoms with E-state index in [2.05, 4.69) is 27.7 Å². The van der Waals surface area contributed by atoms with Crippen molar-refractivity contribution in [1.82, 2.24) is 0 Å². The van der Waals surface area contributed by atoms with Crippen molar-refractivity contribution in [2.45, 2.75) is 65.6 Å². The van der Waals surface area contributed by atoms with E-state index in [1.807, 2.05) is 30.3 Å². The number of methoxy groups -OCH3 is 1. The highest BCUT2D eigenvalue weighted by molar-refractivity contribution is 5.57. The van der Waals surface area contributed by atoms with E-state index in [1.165, 1.54) is 12.8 Å². The van der Waals surface area contributed by atoms with Gasteiger partial charge in [0.1, 0.15) is 11.5 Å². The van der Waals surface area contributed by atoms with Crippen LogP contribution in [0.3, 0.4) is 0 Å². The Kier molecular flexibility index (Phi) is 8.21. The largest absolute Gasteiger partial charge is 0.496 e. The third-order valence-corrected chi connectivity index (χ3v) is 4.31. The molecular formula is C24H34O5. The molecule has 2 unspecified atom stereocenters. The monoisotopic (exact) mass is 402 g/mol. The van der Waals surface area contributed by atoms with Crippen LogP contribution in [0.15, 0.2) is 36.4 Å². The third kappa shape index (κ3) is 5.57. The molecule has 2 atom stereocenters. The average molecular weight is 403 g/mol. The predicted octanol–water partition coefficient (Wildman–Crippen LogP) is 5.88. The number of benzene rings is 2. The SMILES string of the molecule is CCC.CCC.COc1ccccc1C1CC(C)(O)Oc2cc3c(cc21)OCO3. The summed E-state index contributed by atoms with van der Waals surface area (Å²) in [5.74, 6) is 1.43. The summed E-state index contributed by atoms with van der Waals surface area (Å²) in [5, 5.41) is 10.5. The van der Waals surface area contributed by atoms with Crippen LogP contribution in [0, 0.1) is 0 Å². The van der Waals surface area contributed by atoms with Gasteiger partial charge < -0.3 is 24.1 Å². The summed E-state index contributed by atoms with van der Waals surface area (Å²) in [4.78, 5) is 0. The fourth-order valence-electron chi connectivity index (χ4n) is 3.30. The Balaban J connectivity index is 0.000000449. The molecule has 4 rings (SSSR count). The smallest absolute Gasteiger partial charge is 0.231 e. The summed E-state index contributed by atoms with van der Waals surface area (Å²) >= 11 is 0. The molecule has 0 fully saturated rings. The van der Waals surface area contributed by atoms with Crippen LogP contribution in [-0.2, 0) is 0 Å². The Labute approximate surface area is 174 Å². The summed E-state index contributed by atoms with van der Waals surface area (Å²) in [6, 6.07) is 11.6. The maximum Gasteiger partial charge on any atom is 0.231 e. The Morgan fingerprint density at radius 1 is 0.966 bits per heavy atom. The lowest BCUT2D eigenvalue weighted by molar-refractivity contribution is -0.137. The molecule has 0 aromatic heterocycles. The van der Waals surface area contributed by atoms with Crippen molar-refractivity contribution in [3.8, 4) is 23.0 Å². The van der Waals surface area contributed by atoms with Gasteiger partial charge in [-0.05, 0) is 12.1 Å². The van der Waals surface area contributed by atoms with Gasteiger partial charge in [-0.1, -0.05) is 58.7 Å². The van der Waals surface area contributed by atoms with Crippen molar-refractivity contribution in [1.29, 1.82) is 0 Å². The maximum atomic E-state index is 10.5. The average Bonchev–Trinajstić information content (AvgIpc) is 3.13. The minimum absolute atomic E-state index is 0.0561. The number of aliphatic hydroxyl groups is 1. The topological polar surface area (TPSA) is 57.2 Å². The van der Waals surface area contributed by atoms with Crippen molar-refractivity contribution < 1.29 is 24.1 Å². The predicted molar refractivity (Wildman–Crippen MR) is 115 cm³/mol. The molecule has 2 aromatic rings. The summed E-state index contributed by atoms with van der Waals surface area (Å²) in [6.45, 7) is 10.4. The Bertz CT molecular complexity index is 783. The highest BCUT2D eigenvalue weighted by Gasteiger charge is 2.39. The van der Waals surface area contributed by atoms with Gasteiger partial charge in [-0.2, -0.15) is 0 Å². The van der Waals surface area contributed by atoms with Crippen molar-refractivity contribution in [3.05, 3.63) is 47.5 Å². The van der Waals surface area contributed by atoms with Crippen molar-refractivity contribution in [3.63, 3.8) is 0 Å². The van der Waals surface area contributed by atoms with E-state index in [1.54, 1.807) is 20.1 Å². The molecule has 5 heteroatoms. The molecule has 1 N–H and O–H groups in total. The van der Waals surface area contributed by atoms with Crippen LogP contribution in [0.2, 0.25) is 0 Å². The van der Waals surface area contributed by atoms with E-state index >= 15 is 0 Å². The number of hydrogen-bond acceptors (Lipinski definition) is 5. The fourth-order valence-corrected chi connectivity index (χ4v) is 3.30. The minimum atomic E-state index is -1.26. The van der Waals surface area contributed by atoms with Crippen molar-refractivity contribution in [2.75, 3.05) is 13.9 Å². The highest BCUT2D eigenvalue weighted by atomic mass is 16.7. The molecule has 160 valence electrons. The molecule has 0 saturated heterocycles. The highest BCUT2D eigenvalue weighted by Crippen LogP contribution is 2.50. The molecule has 2 aliphatic heterocycles. The first-order valence-electron chi connectivity index (χ1n) is 10.4. The zero-order valence-corrected chi connectivity index (χ0v) is 18.5. The maximum absolute atomic E-state index is 10.5. The van der Waals surface area contributed by atoms with E-state index in [-0.39, 0.29) is 12.7 Å². The zero-order valence-electron chi connectivity index (χ0n) is 18.5. The first-order valence-corrected chi connectivity index (χ1v) is 10.4. The van der Waals surface area contributed by atoms with Crippen LogP contribution in [-0.4, -0.2) is 24.8 Å². The second kappa shape index (κ2) is 10.4. The van der Waals surface area contributed by atoms with Crippen LogP contribution < -0.4 is 18.9 Å². The van der Waals surface area contributed by atoms with Crippen LogP contribution >= 0.6 is 0 Å². The van der Waals surface area contributed by atoms with Crippen LogP contribution in [0.5, 0.6) is 23.0 Å². The first-order chi connectivity index (χ1) is 13.9. The quantitative estimate of drug-likeness (QED) is 0.680. The number of fused-ring (bicyclic) bond motifs is 2. The van der Waals surface area contributed by atoms with E-state index in [0.29, 0.717) is 23.7 Å². The molecule has 2 aromatic carbocycles. The molecule has 0 aliphatic carbocycles. The number of rotatable bonds is 2. The first kappa shape index (κ1) is 22.9. The second-order valence-electron chi connectivity index (χ2n) is 7.43. The third-order valence-electron chi connectivity index (χ3n) is 4.31. The van der Waals surface area contributed by atoms with E-state index in [9.17, 15) is 5.11 Å². The van der Waals surface area contributed by atoms with Gasteiger partial charge in [-0.15, -0.1) is 0 Å². The van der Waals surface area contributed by atoms with Gasteiger partial charge >= 0.3 is 0 Å². The Hall–Kier alpha value is -2.40. The van der Waals surface area contributed by atoms with Crippen LogP contribution in [0.1, 0.15) is 70.9 Å². The van der Waals surface area contributed by atoms with Gasteiger partial charge in [0.2, 0.25) is 12.6 Å². The summed E-state index contributed by atoms with van der Waals surface area (Å²) < 4.78 is 22.1. The molecule has 0 saturated carbocycles. The number of ether oxygens (including phenoxy) is 4. The molecule has 0 amide bonds. The molecule has 2 heterocycles. The normalized spacial score (nSPS) is 20.9. The van der Waals surface area contributed by atoms with Gasteiger partial charge in [0.05, 0.1) is 7.11 Å². The standard InChI is InChI=1S/C18H18O5.2C3H8/c1-18(19)9-13(11-5-3-4-6-14(11)20-2)12-7-16-17(22-10-21-16)8-15(12)23-18;2*1-3-2/h3-8,13,19H,9-10H2,1-2H3;2*3H2,1-2H3. The number of hydrogen-bond donors (Lipinski definition) is 1. The van der Waals surface area contributed by atoms with Gasteiger partial charge in [0.15, 0.2) is 11.5 Å². The Morgan fingerprint density at radius 2 is 1.55 bits per heavy atom. The van der Waals surface area contributed by atoms with E-state index in [4.69, 9.17) is 18.9 Å². The lowest BCUT2D eigenvalue weighted by Gasteiger charge is -2.36. The van der Waals surface area contributed by atoms with E-state index in [0.717, 1.165) is 16.9 Å².